The third kappa shape index (κ3) is 1.42. The van der Waals surface area contributed by atoms with Crippen LogP contribution in [0.1, 0.15) is 29.8 Å². The number of amides is 1. The molecule has 1 spiro atoms. The molecule has 0 bridgehead atoms. The minimum Gasteiger partial charge on any atom is -0.350 e. The Morgan fingerprint density at radius 1 is 1.47 bits per heavy atom. The highest BCUT2D eigenvalue weighted by Crippen LogP contribution is 2.43. The number of fused-ring (bicyclic) bond motifs is 1. The summed E-state index contributed by atoms with van der Waals surface area (Å²) in [5, 5.41) is 3.03. The first-order valence-electron chi connectivity index (χ1n) is 5.32. The molecule has 1 N–H and O–H groups in total. The second-order valence-electron chi connectivity index (χ2n) is 4.71. The molecule has 3 nitrogen and oxygen atoms in total. The van der Waals surface area contributed by atoms with E-state index in [1.807, 2.05) is 12.3 Å². The molecule has 0 unspecified atom stereocenters. The number of aromatic nitrogens is 1. The maximum Gasteiger partial charge on any atom is 0.267 e. The molecule has 1 fully saturated rings. The van der Waals surface area contributed by atoms with Gasteiger partial charge in [-0.05, 0) is 34.8 Å². The highest BCUT2D eigenvalue weighted by molar-refractivity contribution is 9.10. The van der Waals surface area contributed by atoms with Crippen molar-refractivity contribution in [1.82, 2.24) is 9.88 Å². The van der Waals surface area contributed by atoms with Crippen LogP contribution >= 0.6 is 15.9 Å². The second kappa shape index (κ2) is 3.11. The van der Waals surface area contributed by atoms with Crippen LogP contribution in [-0.2, 0) is 6.54 Å². The van der Waals surface area contributed by atoms with E-state index in [0.29, 0.717) is 5.41 Å². The van der Waals surface area contributed by atoms with Crippen molar-refractivity contribution in [3.8, 4) is 0 Å². The molecule has 3 rings (SSSR count). The first-order valence-corrected chi connectivity index (χ1v) is 6.12. The van der Waals surface area contributed by atoms with E-state index in [4.69, 9.17) is 0 Å². The number of carbonyl (C=O) groups excluding carboxylic acids is 1. The normalized spacial score (nSPS) is 22.9. The van der Waals surface area contributed by atoms with Crippen molar-refractivity contribution in [2.45, 2.75) is 25.8 Å². The van der Waals surface area contributed by atoms with E-state index in [2.05, 4.69) is 25.8 Å². The number of nitrogens with zero attached hydrogens (tertiary/aromatic N) is 1. The van der Waals surface area contributed by atoms with Crippen molar-refractivity contribution in [3.63, 3.8) is 0 Å². The lowest BCUT2D eigenvalue weighted by atomic mass is 9.68. The van der Waals surface area contributed by atoms with Crippen LogP contribution in [0.15, 0.2) is 16.7 Å². The summed E-state index contributed by atoms with van der Waals surface area (Å²) in [5.41, 5.74) is 1.12. The van der Waals surface area contributed by atoms with Gasteiger partial charge < -0.3 is 9.88 Å². The Bertz CT molecular complexity index is 420. The molecule has 1 saturated carbocycles. The van der Waals surface area contributed by atoms with Crippen LogP contribution in [0, 0.1) is 5.41 Å². The minimum absolute atomic E-state index is 0.0597. The fourth-order valence-electron chi connectivity index (χ4n) is 2.58. The summed E-state index contributed by atoms with van der Waals surface area (Å²) < 4.78 is 3.08. The Labute approximate surface area is 97.0 Å². The Morgan fingerprint density at radius 3 is 2.93 bits per heavy atom. The van der Waals surface area contributed by atoms with Gasteiger partial charge in [0.15, 0.2) is 0 Å². The molecule has 0 saturated heterocycles. The van der Waals surface area contributed by atoms with Gasteiger partial charge in [-0.1, -0.05) is 6.42 Å². The summed E-state index contributed by atoms with van der Waals surface area (Å²) in [6.07, 6.45) is 5.79. The number of rotatable bonds is 0. The standard InChI is InChI=1S/C11H13BrN2O/c12-8-4-9-10(15)13-6-11(2-1-3-11)7-14(9)5-8/h4-5H,1-3,6-7H2,(H,13,15). The van der Waals surface area contributed by atoms with Crippen LogP contribution in [0.25, 0.3) is 0 Å². The molecule has 0 radical (unpaired) electrons. The summed E-state index contributed by atoms with van der Waals surface area (Å²) in [6.45, 7) is 1.82. The quantitative estimate of drug-likeness (QED) is 0.769. The van der Waals surface area contributed by atoms with Crippen LogP contribution in [0.3, 0.4) is 0 Å². The molecule has 2 aliphatic rings. The fourth-order valence-corrected chi connectivity index (χ4v) is 3.05. The Morgan fingerprint density at radius 2 is 2.27 bits per heavy atom. The zero-order valence-corrected chi connectivity index (χ0v) is 10.0. The van der Waals surface area contributed by atoms with Crippen LogP contribution in [0.2, 0.25) is 0 Å². The highest BCUT2D eigenvalue weighted by Gasteiger charge is 2.40. The van der Waals surface area contributed by atoms with Gasteiger partial charge in [0.05, 0.1) is 0 Å². The molecule has 80 valence electrons. The summed E-state index contributed by atoms with van der Waals surface area (Å²) >= 11 is 3.42. The molecule has 0 atom stereocenters. The molecule has 1 aromatic rings. The summed E-state index contributed by atoms with van der Waals surface area (Å²) in [5.74, 6) is 0.0597. The van der Waals surface area contributed by atoms with Gasteiger partial charge in [-0.15, -0.1) is 0 Å². The molecule has 1 amide bonds. The topological polar surface area (TPSA) is 34.0 Å². The predicted molar refractivity (Wildman–Crippen MR) is 60.7 cm³/mol. The maximum absolute atomic E-state index is 11.8. The molecule has 1 aliphatic heterocycles. The molecule has 1 aliphatic carbocycles. The van der Waals surface area contributed by atoms with Gasteiger partial charge in [-0.25, -0.2) is 0 Å². The summed E-state index contributed by atoms with van der Waals surface area (Å²) in [4.78, 5) is 11.8. The average Bonchev–Trinajstić information content (AvgIpc) is 2.44. The molecule has 4 heteroatoms. The molecule has 0 aromatic carbocycles. The molecular weight excluding hydrogens is 256 g/mol. The van der Waals surface area contributed by atoms with Crippen molar-refractivity contribution in [2.24, 2.45) is 5.41 Å². The summed E-state index contributed by atoms with van der Waals surface area (Å²) in [7, 11) is 0. The lowest BCUT2D eigenvalue weighted by Crippen LogP contribution is -2.41. The van der Waals surface area contributed by atoms with Gasteiger partial charge in [-0.3, -0.25) is 4.79 Å². The van der Waals surface area contributed by atoms with E-state index in [9.17, 15) is 4.79 Å². The van der Waals surface area contributed by atoms with E-state index in [1.54, 1.807) is 0 Å². The van der Waals surface area contributed by atoms with E-state index >= 15 is 0 Å². The third-order valence-corrected chi connectivity index (χ3v) is 4.07. The SMILES string of the molecule is O=C1NCC2(CCC2)Cn2cc(Br)cc21. The van der Waals surface area contributed by atoms with E-state index in [-0.39, 0.29) is 5.91 Å². The van der Waals surface area contributed by atoms with Crippen molar-refractivity contribution >= 4 is 21.8 Å². The first kappa shape index (κ1) is 9.46. The highest BCUT2D eigenvalue weighted by atomic mass is 79.9. The van der Waals surface area contributed by atoms with Gasteiger partial charge in [0, 0.05) is 29.2 Å². The van der Waals surface area contributed by atoms with E-state index in [0.717, 1.165) is 23.3 Å². The largest absolute Gasteiger partial charge is 0.350 e. The van der Waals surface area contributed by atoms with E-state index < -0.39 is 0 Å². The van der Waals surface area contributed by atoms with Crippen molar-refractivity contribution in [3.05, 3.63) is 22.4 Å². The average molecular weight is 269 g/mol. The lowest BCUT2D eigenvalue weighted by molar-refractivity contribution is 0.0876. The Balaban J connectivity index is 2.01. The molecule has 2 heterocycles. The van der Waals surface area contributed by atoms with Gasteiger partial charge >= 0.3 is 0 Å². The second-order valence-corrected chi connectivity index (χ2v) is 5.62. The fraction of sp³-hybridized carbons (Fsp3) is 0.545. The van der Waals surface area contributed by atoms with Crippen molar-refractivity contribution in [2.75, 3.05) is 6.54 Å². The Kier molecular flexibility index (Phi) is 1.96. The van der Waals surface area contributed by atoms with Crippen molar-refractivity contribution < 1.29 is 4.79 Å². The first-order chi connectivity index (χ1) is 7.19. The lowest BCUT2D eigenvalue weighted by Gasteiger charge is -2.41. The van der Waals surface area contributed by atoms with Gasteiger partial charge in [-0.2, -0.15) is 0 Å². The van der Waals surface area contributed by atoms with Crippen LogP contribution in [0.5, 0.6) is 0 Å². The number of halogens is 1. The molecular formula is C11H13BrN2O. The summed E-state index contributed by atoms with van der Waals surface area (Å²) in [6, 6.07) is 1.90. The number of carbonyl (C=O) groups is 1. The van der Waals surface area contributed by atoms with Gasteiger partial charge in [0.25, 0.3) is 5.91 Å². The van der Waals surface area contributed by atoms with Gasteiger partial charge in [0.1, 0.15) is 5.69 Å². The number of hydrogen-bond donors (Lipinski definition) is 1. The monoisotopic (exact) mass is 268 g/mol. The zero-order chi connectivity index (χ0) is 10.5. The minimum atomic E-state index is 0.0597. The maximum atomic E-state index is 11.8. The van der Waals surface area contributed by atoms with Crippen LogP contribution in [0.4, 0.5) is 0 Å². The van der Waals surface area contributed by atoms with Crippen LogP contribution in [-0.4, -0.2) is 17.0 Å². The number of hydrogen-bond acceptors (Lipinski definition) is 1. The van der Waals surface area contributed by atoms with Crippen LogP contribution < -0.4 is 5.32 Å². The third-order valence-electron chi connectivity index (χ3n) is 3.64. The smallest absolute Gasteiger partial charge is 0.267 e. The molecule has 1 aromatic heterocycles. The zero-order valence-electron chi connectivity index (χ0n) is 8.42. The van der Waals surface area contributed by atoms with Crippen molar-refractivity contribution in [1.29, 1.82) is 0 Å². The predicted octanol–water partition coefficient (Wildman–Crippen LogP) is 2.16. The van der Waals surface area contributed by atoms with Gasteiger partial charge in [0.2, 0.25) is 0 Å². The Hall–Kier alpha value is -0.770. The number of nitrogens with one attached hydrogen (secondary N) is 1. The van der Waals surface area contributed by atoms with E-state index in [1.165, 1.54) is 19.3 Å². The molecule has 15 heavy (non-hydrogen) atoms.